The van der Waals surface area contributed by atoms with Gasteiger partial charge in [-0.3, -0.25) is 4.79 Å². The Labute approximate surface area is 191 Å². The van der Waals surface area contributed by atoms with E-state index in [2.05, 4.69) is 81.6 Å². The van der Waals surface area contributed by atoms with Gasteiger partial charge in [0.1, 0.15) is 5.78 Å². The molecule has 2 atom stereocenters. The third-order valence-electron chi connectivity index (χ3n) is 7.26. The van der Waals surface area contributed by atoms with E-state index in [9.17, 15) is 4.79 Å². The fourth-order valence-corrected chi connectivity index (χ4v) is 5.96. The topological polar surface area (TPSA) is 35.5 Å². The smallest absolute Gasteiger partial charge is 0.192 e. The Kier molecular flexibility index (Phi) is 12.3. The molecule has 0 aliphatic rings. The van der Waals surface area contributed by atoms with Crippen LogP contribution < -0.4 is 0 Å². The molecule has 0 N–H and O–H groups in total. The van der Waals surface area contributed by atoms with Crippen molar-refractivity contribution >= 4 is 22.4 Å². The van der Waals surface area contributed by atoms with Crippen molar-refractivity contribution < 1.29 is 13.6 Å². The number of hydrogen-bond donors (Lipinski definition) is 0. The van der Waals surface area contributed by atoms with Gasteiger partial charge in [-0.2, -0.15) is 0 Å². The monoisotopic (exact) mass is 458 g/mol. The SMILES string of the molecule is CCCC[C@@H](CCC(=O)CCC[C@H](C)O[Si](C)(C)C(C)(C)C)O[Si](C)(C)C(C)(C)C. The highest BCUT2D eigenvalue weighted by Gasteiger charge is 2.39. The van der Waals surface area contributed by atoms with Gasteiger partial charge in [0, 0.05) is 25.0 Å². The Hall–Kier alpha value is 0.0238. The zero-order valence-corrected chi connectivity index (χ0v) is 24.5. The van der Waals surface area contributed by atoms with Crippen molar-refractivity contribution in [1.82, 2.24) is 0 Å². The predicted octanol–water partition coefficient (Wildman–Crippen LogP) is 8.50. The van der Waals surface area contributed by atoms with Gasteiger partial charge in [-0.1, -0.05) is 61.3 Å². The number of carbonyl (C=O) groups excluding carboxylic acids is 1. The molecule has 0 heterocycles. The highest BCUT2D eigenvalue weighted by molar-refractivity contribution is 6.74. The number of unbranched alkanes of at least 4 members (excludes halogenated alkanes) is 1. The van der Waals surface area contributed by atoms with Crippen molar-refractivity contribution in [3.05, 3.63) is 0 Å². The minimum atomic E-state index is -1.79. The number of ketones is 1. The van der Waals surface area contributed by atoms with Crippen LogP contribution in [0.2, 0.25) is 36.3 Å². The molecule has 5 heteroatoms. The summed E-state index contributed by atoms with van der Waals surface area (Å²) in [5.74, 6) is 0.384. The molecule has 0 radical (unpaired) electrons. The summed E-state index contributed by atoms with van der Waals surface area (Å²) in [6.07, 6.45) is 8.00. The molecule has 30 heavy (non-hydrogen) atoms. The molecule has 0 fully saturated rings. The molecule has 0 saturated heterocycles. The molecule has 180 valence electrons. The normalized spacial score (nSPS) is 15.9. The van der Waals surface area contributed by atoms with Gasteiger partial charge in [0.2, 0.25) is 0 Å². The van der Waals surface area contributed by atoms with Crippen LogP contribution in [-0.2, 0) is 13.6 Å². The zero-order valence-electron chi connectivity index (χ0n) is 22.5. The lowest BCUT2D eigenvalue weighted by Crippen LogP contribution is -2.44. The zero-order chi connectivity index (χ0) is 23.8. The number of rotatable bonds is 14. The Morgan fingerprint density at radius 2 is 1.27 bits per heavy atom. The van der Waals surface area contributed by atoms with Crippen molar-refractivity contribution in [2.24, 2.45) is 0 Å². The van der Waals surface area contributed by atoms with Crippen LogP contribution in [0.5, 0.6) is 0 Å². The Morgan fingerprint density at radius 1 is 0.767 bits per heavy atom. The summed E-state index contributed by atoms with van der Waals surface area (Å²) in [6.45, 7) is 27.3. The van der Waals surface area contributed by atoms with Crippen LogP contribution >= 0.6 is 0 Å². The maximum absolute atomic E-state index is 12.5. The summed E-state index contributed by atoms with van der Waals surface area (Å²) in [6, 6.07) is 0. The average Bonchev–Trinajstić information content (AvgIpc) is 2.54. The van der Waals surface area contributed by atoms with E-state index in [0.29, 0.717) is 18.6 Å². The standard InChI is InChI=1S/C25H54O3Si2/c1-13-14-18-23(28-30(11,12)25(6,7)8)20-19-22(26)17-15-16-21(2)27-29(9,10)24(3,4)5/h21,23H,13-20H2,1-12H3/t21-,23-/m0/s1. The van der Waals surface area contributed by atoms with Crippen LogP contribution in [0.1, 0.15) is 107 Å². The summed E-state index contributed by atoms with van der Waals surface area (Å²) in [4.78, 5) is 12.5. The van der Waals surface area contributed by atoms with Crippen LogP contribution in [0.25, 0.3) is 0 Å². The first kappa shape index (κ1) is 30.0. The van der Waals surface area contributed by atoms with Crippen molar-refractivity contribution in [2.45, 2.75) is 155 Å². The van der Waals surface area contributed by atoms with Crippen LogP contribution in [0, 0.1) is 0 Å². The van der Waals surface area contributed by atoms with Crippen LogP contribution in [0.4, 0.5) is 0 Å². The lowest BCUT2D eigenvalue weighted by molar-refractivity contribution is -0.119. The summed E-state index contributed by atoms with van der Waals surface area (Å²) < 4.78 is 13.1. The molecular weight excluding hydrogens is 404 g/mol. The van der Waals surface area contributed by atoms with Crippen LogP contribution in [0.15, 0.2) is 0 Å². The Bertz CT molecular complexity index is 502. The van der Waals surface area contributed by atoms with Crippen molar-refractivity contribution in [2.75, 3.05) is 0 Å². The van der Waals surface area contributed by atoms with Gasteiger partial charge in [-0.05, 0) is 68.9 Å². The summed E-state index contributed by atoms with van der Waals surface area (Å²) in [5.41, 5.74) is 0. The largest absolute Gasteiger partial charge is 0.414 e. The van der Waals surface area contributed by atoms with Gasteiger partial charge in [0.15, 0.2) is 16.6 Å². The molecule has 0 spiro atoms. The maximum Gasteiger partial charge on any atom is 0.192 e. The van der Waals surface area contributed by atoms with E-state index in [0.717, 1.165) is 25.7 Å². The second kappa shape index (κ2) is 12.3. The van der Waals surface area contributed by atoms with E-state index in [4.69, 9.17) is 8.85 Å². The molecule has 0 bridgehead atoms. The number of Topliss-reactive ketones (excluding diaryl/α,β-unsaturated/α-hetero) is 1. The van der Waals surface area contributed by atoms with Gasteiger partial charge in [0.05, 0.1) is 0 Å². The molecular formula is C25H54O3Si2. The molecule has 0 saturated carbocycles. The molecule has 0 aliphatic carbocycles. The lowest BCUT2D eigenvalue weighted by Gasteiger charge is -2.39. The summed E-state index contributed by atoms with van der Waals surface area (Å²) in [7, 11) is -3.52. The minimum Gasteiger partial charge on any atom is -0.414 e. The molecule has 0 aromatic heterocycles. The van der Waals surface area contributed by atoms with Crippen molar-refractivity contribution in [3.63, 3.8) is 0 Å². The third kappa shape index (κ3) is 11.1. The second-order valence-electron chi connectivity index (χ2n) is 12.3. The molecule has 3 nitrogen and oxygen atoms in total. The first-order chi connectivity index (χ1) is 13.4. The highest BCUT2D eigenvalue weighted by Crippen LogP contribution is 2.39. The highest BCUT2D eigenvalue weighted by atomic mass is 28.4. The quantitative estimate of drug-likeness (QED) is 0.245. The van der Waals surface area contributed by atoms with Gasteiger partial charge < -0.3 is 8.85 Å². The van der Waals surface area contributed by atoms with Gasteiger partial charge in [0.25, 0.3) is 0 Å². The van der Waals surface area contributed by atoms with E-state index in [1.54, 1.807) is 0 Å². The summed E-state index contributed by atoms with van der Waals surface area (Å²) >= 11 is 0. The first-order valence-electron chi connectivity index (χ1n) is 12.3. The van der Waals surface area contributed by atoms with Gasteiger partial charge in [-0.25, -0.2) is 0 Å². The minimum absolute atomic E-state index is 0.210. The van der Waals surface area contributed by atoms with Crippen LogP contribution in [-0.4, -0.2) is 34.6 Å². The average molecular weight is 459 g/mol. The van der Waals surface area contributed by atoms with E-state index in [-0.39, 0.29) is 22.3 Å². The van der Waals surface area contributed by atoms with Crippen molar-refractivity contribution in [3.8, 4) is 0 Å². The second-order valence-corrected chi connectivity index (χ2v) is 21.8. The molecule has 0 unspecified atom stereocenters. The molecule has 0 amide bonds. The Morgan fingerprint density at radius 3 is 1.73 bits per heavy atom. The number of hydrogen-bond acceptors (Lipinski definition) is 3. The third-order valence-corrected chi connectivity index (χ3v) is 16.4. The number of carbonyl (C=O) groups is 1. The predicted molar refractivity (Wildman–Crippen MR) is 137 cm³/mol. The summed E-state index contributed by atoms with van der Waals surface area (Å²) in [5, 5.41) is 0.441. The molecule has 0 aromatic carbocycles. The fraction of sp³-hybridized carbons (Fsp3) is 0.960. The van der Waals surface area contributed by atoms with E-state index in [1.807, 2.05) is 0 Å². The Balaban J connectivity index is 4.50. The van der Waals surface area contributed by atoms with E-state index >= 15 is 0 Å². The first-order valence-corrected chi connectivity index (χ1v) is 18.1. The van der Waals surface area contributed by atoms with Crippen LogP contribution in [0.3, 0.4) is 0 Å². The molecule has 0 aromatic rings. The van der Waals surface area contributed by atoms with E-state index in [1.165, 1.54) is 12.8 Å². The van der Waals surface area contributed by atoms with Gasteiger partial charge in [-0.15, -0.1) is 0 Å². The van der Waals surface area contributed by atoms with Gasteiger partial charge >= 0.3 is 0 Å². The molecule has 0 rings (SSSR count). The molecule has 0 aliphatic heterocycles. The fourth-order valence-electron chi connectivity index (χ4n) is 3.06. The lowest BCUT2D eigenvalue weighted by atomic mass is 10.0. The van der Waals surface area contributed by atoms with Crippen molar-refractivity contribution in [1.29, 1.82) is 0 Å². The van der Waals surface area contributed by atoms with E-state index < -0.39 is 16.6 Å². The maximum atomic E-state index is 12.5.